The summed E-state index contributed by atoms with van der Waals surface area (Å²) in [6.07, 6.45) is 0. The summed E-state index contributed by atoms with van der Waals surface area (Å²) in [7, 11) is 0. The van der Waals surface area contributed by atoms with Crippen LogP contribution >= 0.6 is 0 Å². The van der Waals surface area contributed by atoms with Crippen LogP contribution in [0.2, 0.25) is 0 Å². The number of aryl methyl sites for hydroxylation is 1. The average molecular weight is 280 g/mol. The maximum Gasteiger partial charge on any atom is 0.325 e. The summed E-state index contributed by atoms with van der Waals surface area (Å²) >= 11 is 0. The first-order valence-corrected chi connectivity index (χ1v) is 6.53. The second-order valence-corrected chi connectivity index (χ2v) is 4.72. The normalized spacial score (nSPS) is 10.4. The molecular formula is C14H20N2O4. The highest BCUT2D eigenvalue weighted by molar-refractivity contribution is 5.95. The second kappa shape index (κ2) is 6.88. The van der Waals surface area contributed by atoms with Crippen LogP contribution in [0.5, 0.6) is 0 Å². The summed E-state index contributed by atoms with van der Waals surface area (Å²) in [5.74, 6) is -0.965. The SMILES string of the molecule is CCOC(=O)CN(C(=O)c1ccc(C)[nH]c1=O)C(C)C. The number of aromatic amines is 1. The van der Waals surface area contributed by atoms with Gasteiger partial charge in [0.15, 0.2) is 0 Å². The highest BCUT2D eigenvalue weighted by atomic mass is 16.5. The fourth-order valence-electron chi connectivity index (χ4n) is 1.73. The molecule has 0 fully saturated rings. The van der Waals surface area contributed by atoms with E-state index in [1.807, 2.05) is 0 Å². The molecule has 0 spiro atoms. The molecule has 0 aliphatic carbocycles. The maximum absolute atomic E-state index is 12.4. The molecule has 0 saturated carbocycles. The molecule has 1 heterocycles. The third kappa shape index (κ3) is 3.94. The number of nitrogens with one attached hydrogen (secondary N) is 1. The summed E-state index contributed by atoms with van der Waals surface area (Å²) < 4.78 is 4.84. The van der Waals surface area contributed by atoms with Crippen molar-refractivity contribution in [3.63, 3.8) is 0 Å². The van der Waals surface area contributed by atoms with E-state index >= 15 is 0 Å². The van der Waals surface area contributed by atoms with Gasteiger partial charge in [-0.1, -0.05) is 0 Å². The van der Waals surface area contributed by atoms with Gasteiger partial charge in [-0.15, -0.1) is 0 Å². The number of H-pyrrole nitrogens is 1. The second-order valence-electron chi connectivity index (χ2n) is 4.72. The van der Waals surface area contributed by atoms with E-state index in [0.29, 0.717) is 5.69 Å². The molecule has 1 aromatic rings. The molecule has 1 N–H and O–H groups in total. The van der Waals surface area contributed by atoms with Crippen molar-refractivity contribution >= 4 is 11.9 Å². The molecule has 0 unspecified atom stereocenters. The van der Waals surface area contributed by atoms with Crippen molar-refractivity contribution in [3.05, 3.63) is 33.7 Å². The Balaban J connectivity index is 3.00. The summed E-state index contributed by atoms with van der Waals surface area (Å²) in [5, 5.41) is 0. The molecule has 1 amide bonds. The lowest BCUT2D eigenvalue weighted by molar-refractivity contribution is -0.144. The molecule has 0 bridgehead atoms. The van der Waals surface area contributed by atoms with Gasteiger partial charge in [0, 0.05) is 11.7 Å². The van der Waals surface area contributed by atoms with Crippen LogP contribution < -0.4 is 5.56 Å². The number of amides is 1. The zero-order valence-electron chi connectivity index (χ0n) is 12.2. The molecule has 6 nitrogen and oxygen atoms in total. The number of hydrogen-bond donors (Lipinski definition) is 1. The van der Waals surface area contributed by atoms with Crippen LogP contribution in [0.4, 0.5) is 0 Å². The van der Waals surface area contributed by atoms with Crippen molar-refractivity contribution in [2.75, 3.05) is 13.2 Å². The van der Waals surface area contributed by atoms with Crippen LogP contribution in [-0.2, 0) is 9.53 Å². The quantitative estimate of drug-likeness (QED) is 0.819. The predicted molar refractivity (Wildman–Crippen MR) is 74.6 cm³/mol. The zero-order valence-corrected chi connectivity index (χ0v) is 12.2. The lowest BCUT2D eigenvalue weighted by Gasteiger charge is -2.25. The summed E-state index contributed by atoms with van der Waals surface area (Å²) in [6.45, 7) is 7.07. The summed E-state index contributed by atoms with van der Waals surface area (Å²) in [4.78, 5) is 39.6. The molecule has 1 rings (SSSR count). The molecule has 0 aliphatic heterocycles. The largest absolute Gasteiger partial charge is 0.465 e. The van der Waals surface area contributed by atoms with Crippen LogP contribution in [0.3, 0.4) is 0 Å². The molecule has 0 saturated heterocycles. The molecule has 20 heavy (non-hydrogen) atoms. The number of rotatable bonds is 5. The Kier molecular flexibility index (Phi) is 5.49. The van der Waals surface area contributed by atoms with Crippen molar-refractivity contribution < 1.29 is 14.3 Å². The first kappa shape index (κ1) is 15.9. The van der Waals surface area contributed by atoms with Gasteiger partial charge in [-0.2, -0.15) is 0 Å². The van der Waals surface area contributed by atoms with Gasteiger partial charge in [-0.25, -0.2) is 0 Å². The molecule has 0 atom stereocenters. The first-order chi connectivity index (χ1) is 9.36. The third-order valence-electron chi connectivity index (χ3n) is 2.77. The summed E-state index contributed by atoms with van der Waals surface area (Å²) in [5.41, 5.74) is 0.242. The molecule has 110 valence electrons. The van der Waals surface area contributed by atoms with Crippen LogP contribution in [0.15, 0.2) is 16.9 Å². The van der Waals surface area contributed by atoms with Gasteiger partial charge in [0.05, 0.1) is 6.61 Å². The Hall–Kier alpha value is -2.11. The van der Waals surface area contributed by atoms with Crippen molar-refractivity contribution in [3.8, 4) is 0 Å². The van der Waals surface area contributed by atoms with E-state index in [4.69, 9.17) is 4.74 Å². The maximum atomic E-state index is 12.4. The predicted octanol–water partition coefficient (Wildman–Crippen LogP) is 1.10. The van der Waals surface area contributed by atoms with Crippen LogP contribution in [0.1, 0.15) is 36.8 Å². The van der Waals surface area contributed by atoms with Crippen LogP contribution in [-0.4, -0.2) is 41.0 Å². The number of carbonyl (C=O) groups excluding carboxylic acids is 2. The number of pyridine rings is 1. The van der Waals surface area contributed by atoms with Crippen LogP contribution in [0.25, 0.3) is 0 Å². The smallest absolute Gasteiger partial charge is 0.325 e. The third-order valence-corrected chi connectivity index (χ3v) is 2.77. The highest BCUT2D eigenvalue weighted by Crippen LogP contribution is 2.06. The number of esters is 1. The van der Waals surface area contributed by atoms with Gasteiger partial charge in [0.1, 0.15) is 12.1 Å². The Morgan fingerprint density at radius 1 is 1.35 bits per heavy atom. The molecule has 0 aromatic carbocycles. The minimum atomic E-state index is -0.488. The number of nitrogens with zero attached hydrogens (tertiary/aromatic N) is 1. The number of ether oxygens (including phenoxy) is 1. The monoisotopic (exact) mass is 280 g/mol. The van der Waals surface area contributed by atoms with Gasteiger partial charge in [0.2, 0.25) is 0 Å². The topological polar surface area (TPSA) is 79.5 Å². The standard InChI is InChI=1S/C14H20N2O4/c1-5-20-12(17)8-16(9(2)3)14(19)11-7-6-10(4)15-13(11)18/h6-7,9H,5,8H2,1-4H3,(H,15,18). The Labute approximate surface area is 117 Å². The molecule has 6 heteroatoms. The van der Waals surface area contributed by atoms with E-state index < -0.39 is 17.4 Å². The van der Waals surface area contributed by atoms with Gasteiger partial charge < -0.3 is 14.6 Å². The van der Waals surface area contributed by atoms with Crippen molar-refractivity contribution in [2.24, 2.45) is 0 Å². The Morgan fingerprint density at radius 2 is 2.00 bits per heavy atom. The van der Waals surface area contributed by atoms with Crippen molar-refractivity contribution in [1.82, 2.24) is 9.88 Å². The average Bonchev–Trinajstić information content (AvgIpc) is 2.35. The van der Waals surface area contributed by atoms with Gasteiger partial charge >= 0.3 is 5.97 Å². The van der Waals surface area contributed by atoms with E-state index in [0.717, 1.165) is 0 Å². The fraction of sp³-hybridized carbons (Fsp3) is 0.500. The van der Waals surface area contributed by atoms with Gasteiger partial charge in [-0.3, -0.25) is 14.4 Å². The minimum Gasteiger partial charge on any atom is -0.465 e. The lowest BCUT2D eigenvalue weighted by atomic mass is 10.2. The van der Waals surface area contributed by atoms with Crippen molar-refractivity contribution in [1.29, 1.82) is 0 Å². The van der Waals surface area contributed by atoms with Crippen LogP contribution in [0, 0.1) is 6.92 Å². The highest BCUT2D eigenvalue weighted by Gasteiger charge is 2.24. The van der Waals surface area contributed by atoms with E-state index in [2.05, 4.69) is 4.98 Å². The van der Waals surface area contributed by atoms with E-state index in [-0.39, 0.29) is 24.8 Å². The first-order valence-electron chi connectivity index (χ1n) is 6.53. The van der Waals surface area contributed by atoms with Gasteiger partial charge in [0.25, 0.3) is 11.5 Å². The molecule has 1 aromatic heterocycles. The Morgan fingerprint density at radius 3 is 2.50 bits per heavy atom. The number of hydrogen-bond acceptors (Lipinski definition) is 4. The molecule has 0 radical (unpaired) electrons. The van der Waals surface area contributed by atoms with E-state index in [9.17, 15) is 14.4 Å². The zero-order chi connectivity index (χ0) is 15.3. The number of carbonyl (C=O) groups is 2. The van der Waals surface area contributed by atoms with Gasteiger partial charge in [-0.05, 0) is 39.8 Å². The molecule has 0 aliphatic rings. The summed E-state index contributed by atoms with van der Waals surface area (Å²) in [6, 6.07) is 2.90. The van der Waals surface area contributed by atoms with E-state index in [1.165, 1.54) is 11.0 Å². The number of aromatic nitrogens is 1. The Bertz CT molecular complexity index is 548. The molecular weight excluding hydrogens is 260 g/mol. The lowest BCUT2D eigenvalue weighted by Crippen LogP contribution is -2.43. The van der Waals surface area contributed by atoms with Crippen molar-refractivity contribution in [2.45, 2.75) is 33.7 Å². The fourth-order valence-corrected chi connectivity index (χ4v) is 1.73. The van der Waals surface area contributed by atoms with E-state index in [1.54, 1.807) is 33.8 Å². The minimum absolute atomic E-state index is 0.0219.